The van der Waals surface area contributed by atoms with E-state index in [2.05, 4.69) is 20.2 Å². The maximum absolute atomic E-state index is 15.8. The molecule has 0 N–H and O–H groups in total. The van der Waals surface area contributed by atoms with Crippen molar-refractivity contribution in [1.29, 1.82) is 0 Å². The summed E-state index contributed by atoms with van der Waals surface area (Å²) in [5.41, 5.74) is 2.77. The molecule has 0 fully saturated rings. The molecule has 0 unspecified atom stereocenters. The van der Waals surface area contributed by atoms with Crippen LogP contribution in [0.2, 0.25) is 0 Å². The first-order valence-corrected chi connectivity index (χ1v) is 13.9. The van der Waals surface area contributed by atoms with Crippen LogP contribution in [-0.2, 0) is 23.8 Å². The second-order valence-corrected chi connectivity index (χ2v) is 11.0. The molecule has 0 radical (unpaired) electrons. The number of fused-ring (bicyclic) bond motifs is 1. The summed E-state index contributed by atoms with van der Waals surface area (Å²) in [5.74, 6) is -0.0149. The monoisotopic (exact) mass is 581 g/mol. The number of aryl methyl sites for hydroxylation is 1. The van der Waals surface area contributed by atoms with E-state index >= 15 is 4.39 Å². The maximum atomic E-state index is 15.8. The minimum Gasteiger partial charge on any atom is -0.497 e. The molecule has 0 atom stereocenters. The summed E-state index contributed by atoms with van der Waals surface area (Å²) in [7, 11) is 2.22. The molecule has 0 spiro atoms. The average Bonchev–Trinajstić information content (AvgIpc) is 3.64. The number of aromatic nitrogens is 7. The molecule has 4 aromatic heterocycles. The van der Waals surface area contributed by atoms with Gasteiger partial charge in [-0.05, 0) is 12.1 Å². The van der Waals surface area contributed by atoms with Gasteiger partial charge in [0.2, 0.25) is 0 Å². The van der Waals surface area contributed by atoms with Crippen molar-refractivity contribution < 1.29 is 22.3 Å². The Morgan fingerprint density at radius 3 is 2.51 bits per heavy atom. The standard InChI is InChI=1S/C26H28FN9O4S/c1-6-34(3)41(37,38)36-15-17(11-30-36)14-35(22-9-19(39-4)10-23(40-5)25(22)27)24-8-7-20-26(32-24)31-21(13-28-20)18-12-29-33(2)16-18/h7-13,15-16H,6,14H2,1-5H3. The van der Waals surface area contributed by atoms with Crippen molar-refractivity contribution in [3.8, 4) is 22.8 Å². The first-order chi connectivity index (χ1) is 19.6. The lowest BCUT2D eigenvalue weighted by atomic mass is 10.2. The number of methoxy groups -OCH3 is 2. The van der Waals surface area contributed by atoms with Crippen LogP contribution >= 0.6 is 0 Å². The van der Waals surface area contributed by atoms with Crippen LogP contribution in [0, 0.1) is 5.82 Å². The van der Waals surface area contributed by atoms with Gasteiger partial charge in [0.05, 0.1) is 50.7 Å². The molecule has 15 heteroatoms. The third-order valence-electron chi connectivity index (χ3n) is 6.44. The van der Waals surface area contributed by atoms with Gasteiger partial charge in [-0.25, -0.2) is 14.4 Å². The molecule has 0 aliphatic heterocycles. The maximum Gasteiger partial charge on any atom is 0.322 e. The van der Waals surface area contributed by atoms with E-state index in [0.29, 0.717) is 34.0 Å². The van der Waals surface area contributed by atoms with Gasteiger partial charge in [-0.1, -0.05) is 6.92 Å². The fraction of sp³-hybridized carbons (Fsp3) is 0.269. The third-order valence-corrected chi connectivity index (χ3v) is 8.16. The highest BCUT2D eigenvalue weighted by Gasteiger charge is 2.24. The van der Waals surface area contributed by atoms with Crippen LogP contribution in [0.15, 0.2) is 55.2 Å². The number of hydrogen-bond donors (Lipinski definition) is 0. The van der Waals surface area contributed by atoms with E-state index in [0.717, 1.165) is 14.0 Å². The Morgan fingerprint density at radius 1 is 1.02 bits per heavy atom. The molecule has 0 aliphatic rings. The van der Waals surface area contributed by atoms with E-state index < -0.39 is 16.0 Å². The topological polar surface area (TPSA) is 133 Å². The molecular formula is C26H28FN9O4S. The van der Waals surface area contributed by atoms with Gasteiger partial charge < -0.3 is 14.4 Å². The van der Waals surface area contributed by atoms with Crippen molar-refractivity contribution in [2.24, 2.45) is 7.05 Å². The van der Waals surface area contributed by atoms with Gasteiger partial charge >= 0.3 is 10.2 Å². The van der Waals surface area contributed by atoms with Crippen LogP contribution in [-0.4, -0.2) is 74.5 Å². The van der Waals surface area contributed by atoms with E-state index in [-0.39, 0.29) is 24.5 Å². The summed E-state index contributed by atoms with van der Waals surface area (Å²) in [6, 6.07) is 6.34. The Kier molecular flexibility index (Phi) is 7.55. The van der Waals surface area contributed by atoms with Gasteiger partial charge in [0.25, 0.3) is 0 Å². The third kappa shape index (κ3) is 5.40. The van der Waals surface area contributed by atoms with Crippen molar-refractivity contribution in [2.45, 2.75) is 13.5 Å². The van der Waals surface area contributed by atoms with Crippen LogP contribution in [0.3, 0.4) is 0 Å². The molecular weight excluding hydrogens is 553 g/mol. The lowest BCUT2D eigenvalue weighted by Gasteiger charge is -2.25. The van der Waals surface area contributed by atoms with Gasteiger partial charge in [0, 0.05) is 56.3 Å². The Bertz CT molecular complexity index is 1820. The second kappa shape index (κ2) is 11.1. The first-order valence-electron chi connectivity index (χ1n) is 12.5. The summed E-state index contributed by atoms with van der Waals surface area (Å²) in [6.07, 6.45) is 7.90. The first kappa shape index (κ1) is 27.9. The highest BCUT2D eigenvalue weighted by atomic mass is 32.2. The summed E-state index contributed by atoms with van der Waals surface area (Å²) in [4.78, 5) is 15.4. The van der Waals surface area contributed by atoms with E-state index in [1.165, 1.54) is 45.8 Å². The number of halogens is 1. The largest absolute Gasteiger partial charge is 0.497 e. The lowest BCUT2D eigenvalue weighted by molar-refractivity contribution is 0.374. The van der Waals surface area contributed by atoms with Crippen molar-refractivity contribution in [3.63, 3.8) is 0 Å². The molecule has 0 aliphatic carbocycles. The summed E-state index contributed by atoms with van der Waals surface area (Å²) >= 11 is 0. The Balaban J connectivity index is 1.63. The summed E-state index contributed by atoms with van der Waals surface area (Å²) in [5, 5.41) is 8.24. The minimum atomic E-state index is -3.86. The molecule has 214 valence electrons. The predicted molar refractivity (Wildman–Crippen MR) is 150 cm³/mol. The Morgan fingerprint density at radius 2 is 1.83 bits per heavy atom. The van der Waals surface area contributed by atoms with Crippen LogP contribution in [0.5, 0.6) is 11.5 Å². The molecule has 0 saturated carbocycles. The highest BCUT2D eigenvalue weighted by Crippen LogP contribution is 2.37. The number of rotatable bonds is 10. The number of anilines is 2. The zero-order chi connectivity index (χ0) is 29.3. The van der Waals surface area contributed by atoms with Crippen molar-refractivity contribution in [2.75, 3.05) is 32.7 Å². The molecule has 5 rings (SSSR count). The lowest BCUT2D eigenvalue weighted by Crippen LogP contribution is -2.32. The van der Waals surface area contributed by atoms with E-state index in [9.17, 15) is 8.42 Å². The predicted octanol–water partition coefficient (Wildman–Crippen LogP) is 3.16. The molecule has 41 heavy (non-hydrogen) atoms. The summed E-state index contributed by atoms with van der Waals surface area (Å²) < 4.78 is 55.7. The molecule has 13 nitrogen and oxygen atoms in total. The normalized spacial score (nSPS) is 11.8. The van der Waals surface area contributed by atoms with Crippen LogP contribution < -0.4 is 14.4 Å². The Labute approximate surface area is 236 Å². The molecule has 0 saturated heterocycles. The fourth-order valence-electron chi connectivity index (χ4n) is 4.08. The van der Waals surface area contributed by atoms with Gasteiger partial charge in [-0.2, -0.15) is 27.0 Å². The van der Waals surface area contributed by atoms with Crippen LogP contribution in [0.25, 0.3) is 22.4 Å². The van der Waals surface area contributed by atoms with Crippen molar-refractivity contribution in [3.05, 3.63) is 66.6 Å². The van der Waals surface area contributed by atoms with Gasteiger partial charge in [0.15, 0.2) is 17.2 Å². The van der Waals surface area contributed by atoms with E-state index in [4.69, 9.17) is 14.5 Å². The SMILES string of the molecule is CCN(C)S(=O)(=O)n1cc(CN(c2ccc3ncc(-c4cnn(C)c4)nc3n2)c2cc(OC)cc(OC)c2F)cn1. The number of ether oxygens (including phenoxy) is 2. The van der Waals surface area contributed by atoms with Crippen molar-refractivity contribution in [1.82, 2.24) is 38.2 Å². The second-order valence-electron chi connectivity index (χ2n) is 9.06. The molecule has 4 heterocycles. The van der Waals surface area contributed by atoms with Crippen molar-refractivity contribution >= 4 is 32.9 Å². The average molecular weight is 582 g/mol. The molecule has 0 bridgehead atoms. The quantitative estimate of drug-likeness (QED) is 0.242. The fourth-order valence-corrected chi connectivity index (χ4v) is 5.12. The summed E-state index contributed by atoms with van der Waals surface area (Å²) in [6.45, 7) is 1.99. The van der Waals surface area contributed by atoms with Gasteiger partial charge in [-0.3, -0.25) is 9.67 Å². The van der Waals surface area contributed by atoms with E-state index in [1.807, 2.05) is 6.20 Å². The number of hydrogen-bond acceptors (Lipinski definition) is 10. The smallest absolute Gasteiger partial charge is 0.322 e. The van der Waals surface area contributed by atoms with Crippen LogP contribution in [0.4, 0.5) is 15.9 Å². The molecule has 0 amide bonds. The zero-order valence-electron chi connectivity index (χ0n) is 23.1. The van der Waals surface area contributed by atoms with Gasteiger partial charge in [0.1, 0.15) is 17.1 Å². The number of benzene rings is 1. The number of nitrogens with zero attached hydrogens (tertiary/aromatic N) is 9. The number of pyridine rings is 1. The highest BCUT2D eigenvalue weighted by molar-refractivity contribution is 7.87. The molecule has 1 aromatic carbocycles. The Hall–Kier alpha value is -4.63. The van der Waals surface area contributed by atoms with Gasteiger partial charge in [-0.15, -0.1) is 0 Å². The van der Waals surface area contributed by atoms with E-state index in [1.54, 1.807) is 48.1 Å². The minimum absolute atomic E-state index is 0.00678. The zero-order valence-corrected chi connectivity index (χ0v) is 23.9. The van der Waals surface area contributed by atoms with Crippen LogP contribution in [0.1, 0.15) is 12.5 Å². The molecule has 5 aromatic rings.